The third-order valence-corrected chi connectivity index (χ3v) is 4.52. The van der Waals surface area contributed by atoms with Crippen LogP contribution in [0.2, 0.25) is 0 Å². The van der Waals surface area contributed by atoms with Gasteiger partial charge in [0.15, 0.2) is 5.11 Å². The van der Waals surface area contributed by atoms with Crippen molar-refractivity contribution in [2.24, 2.45) is 0 Å². The van der Waals surface area contributed by atoms with Crippen LogP contribution in [0.15, 0.2) is 41.6 Å². The number of carbonyl (C=O) groups excluding carboxylic acids is 1. The van der Waals surface area contributed by atoms with Crippen LogP contribution in [0.3, 0.4) is 0 Å². The lowest BCUT2D eigenvalue weighted by Gasteiger charge is -2.38. The van der Waals surface area contributed by atoms with E-state index in [1.807, 2.05) is 37.3 Å². The van der Waals surface area contributed by atoms with Gasteiger partial charge in [0.2, 0.25) is 0 Å². The van der Waals surface area contributed by atoms with E-state index in [1.54, 1.807) is 19.0 Å². The monoisotopic (exact) mass is 315 g/mol. The quantitative estimate of drug-likeness (QED) is 0.869. The summed E-state index contributed by atoms with van der Waals surface area (Å²) in [6.07, 6.45) is 2.27. The summed E-state index contributed by atoms with van der Waals surface area (Å²) in [6, 6.07) is 10.3. The third kappa shape index (κ3) is 2.61. The van der Waals surface area contributed by atoms with Gasteiger partial charge in [-0.25, -0.2) is 0 Å². The van der Waals surface area contributed by atoms with Crippen molar-refractivity contribution in [3.63, 3.8) is 0 Å². The summed E-state index contributed by atoms with van der Waals surface area (Å²) in [7, 11) is 3.58. The average Bonchev–Trinajstić information content (AvgIpc) is 3.31. The van der Waals surface area contributed by atoms with Crippen LogP contribution in [0.1, 0.15) is 31.4 Å². The van der Waals surface area contributed by atoms with Gasteiger partial charge in [-0.15, -0.1) is 0 Å². The van der Waals surface area contributed by atoms with Gasteiger partial charge in [-0.05, 0) is 37.5 Å². The maximum absolute atomic E-state index is 12.7. The maximum Gasteiger partial charge on any atom is 0.253 e. The summed E-state index contributed by atoms with van der Waals surface area (Å²) in [6.45, 7) is 2.01. The predicted octanol–water partition coefficient (Wildman–Crippen LogP) is 2.44. The molecule has 22 heavy (non-hydrogen) atoms. The van der Waals surface area contributed by atoms with Crippen LogP contribution in [0.4, 0.5) is 0 Å². The Hall–Kier alpha value is -1.88. The van der Waals surface area contributed by atoms with Crippen LogP contribution in [0, 0.1) is 0 Å². The van der Waals surface area contributed by atoms with Gasteiger partial charge in [-0.2, -0.15) is 0 Å². The lowest BCUT2D eigenvalue weighted by Crippen LogP contribution is -2.49. The zero-order valence-corrected chi connectivity index (χ0v) is 14.0. The van der Waals surface area contributed by atoms with Crippen molar-refractivity contribution in [1.82, 2.24) is 15.1 Å². The predicted molar refractivity (Wildman–Crippen MR) is 91.2 cm³/mol. The molecule has 116 valence electrons. The molecule has 3 rings (SSSR count). The highest BCUT2D eigenvalue weighted by atomic mass is 32.1. The molecule has 1 aliphatic heterocycles. The highest BCUT2D eigenvalue weighted by Crippen LogP contribution is 2.37. The first-order valence-electron chi connectivity index (χ1n) is 7.57. The second-order valence-electron chi connectivity index (χ2n) is 6.09. The molecule has 1 N–H and O–H groups in total. The van der Waals surface area contributed by atoms with E-state index < -0.39 is 0 Å². The van der Waals surface area contributed by atoms with E-state index in [1.165, 1.54) is 0 Å². The van der Waals surface area contributed by atoms with Gasteiger partial charge in [0.25, 0.3) is 5.91 Å². The van der Waals surface area contributed by atoms with Crippen molar-refractivity contribution in [1.29, 1.82) is 0 Å². The summed E-state index contributed by atoms with van der Waals surface area (Å²) in [5, 5.41) is 4.10. The first-order valence-corrected chi connectivity index (χ1v) is 7.98. The Bertz CT molecular complexity index is 635. The van der Waals surface area contributed by atoms with E-state index in [-0.39, 0.29) is 11.9 Å². The van der Waals surface area contributed by atoms with Gasteiger partial charge < -0.3 is 15.1 Å². The molecule has 5 heteroatoms. The molecule has 0 saturated heterocycles. The van der Waals surface area contributed by atoms with Crippen molar-refractivity contribution >= 4 is 23.2 Å². The smallest absolute Gasteiger partial charge is 0.253 e. The Morgan fingerprint density at radius 1 is 1.27 bits per heavy atom. The minimum absolute atomic E-state index is 0.0343. The fourth-order valence-corrected chi connectivity index (χ4v) is 3.35. The number of amides is 1. The molecule has 1 saturated carbocycles. The van der Waals surface area contributed by atoms with E-state index in [4.69, 9.17) is 12.2 Å². The number of hydrogen-bond acceptors (Lipinski definition) is 2. The number of nitrogens with one attached hydrogen (secondary N) is 1. The lowest BCUT2D eigenvalue weighted by molar-refractivity contribution is -0.125. The van der Waals surface area contributed by atoms with E-state index in [2.05, 4.69) is 10.2 Å². The molecule has 0 aromatic heterocycles. The number of likely N-dealkylation sites (N-methyl/N-ethyl adjacent to an activating group) is 1. The molecule has 4 nitrogen and oxygen atoms in total. The first kappa shape index (κ1) is 15.0. The number of nitrogens with zero attached hydrogens (tertiary/aromatic N) is 2. The largest absolute Gasteiger partial charge is 0.351 e. The van der Waals surface area contributed by atoms with Crippen molar-refractivity contribution in [2.45, 2.75) is 31.8 Å². The molecule has 0 radical (unpaired) electrons. The van der Waals surface area contributed by atoms with E-state index in [9.17, 15) is 4.79 Å². The summed E-state index contributed by atoms with van der Waals surface area (Å²) in [5.41, 5.74) is 2.83. The molecule has 1 fully saturated rings. The number of carbonyl (C=O) groups is 1. The Morgan fingerprint density at radius 2 is 1.91 bits per heavy atom. The second kappa shape index (κ2) is 5.72. The van der Waals surface area contributed by atoms with Crippen LogP contribution in [0.5, 0.6) is 0 Å². The number of allylic oxidation sites excluding steroid dienone is 1. The van der Waals surface area contributed by atoms with Crippen molar-refractivity contribution in [3.05, 3.63) is 47.2 Å². The fourth-order valence-electron chi connectivity index (χ4n) is 2.94. The van der Waals surface area contributed by atoms with Crippen LogP contribution >= 0.6 is 12.2 Å². The number of benzene rings is 1. The highest BCUT2D eigenvalue weighted by molar-refractivity contribution is 7.80. The Morgan fingerprint density at radius 3 is 2.45 bits per heavy atom. The van der Waals surface area contributed by atoms with Crippen LogP contribution in [-0.2, 0) is 4.79 Å². The van der Waals surface area contributed by atoms with E-state index in [0.29, 0.717) is 6.04 Å². The van der Waals surface area contributed by atoms with Gasteiger partial charge in [0, 0.05) is 25.8 Å². The maximum atomic E-state index is 12.7. The summed E-state index contributed by atoms with van der Waals surface area (Å²) in [5.74, 6) is 0.0343. The molecule has 1 amide bonds. The molecule has 1 heterocycles. The summed E-state index contributed by atoms with van der Waals surface area (Å²) < 4.78 is 0. The highest BCUT2D eigenvalue weighted by Gasteiger charge is 2.40. The Kier molecular flexibility index (Phi) is 3.91. The second-order valence-corrected chi connectivity index (χ2v) is 6.48. The van der Waals surface area contributed by atoms with Gasteiger partial charge in [-0.3, -0.25) is 4.79 Å². The lowest BCUT2D eigenvalue weighted by atomic mass is 9.94. The normalized spacial score (nSPS) is 21.7. The van der Waals surface area contributed by atoms with Gasteiger partial charge in [0.05, 0.1) is 11.6 Å². The summed E-state index contributed by atoms with van der Waals surface area (Å²) in [4.78, 5) is 16.5. The SMILES string of the molecule is CC1=C(C(=O)N(C)C)[C@H](c2ccccc2)NC(=S)N1C1CC1. The van der Waals surface area contributed by atoms with Gasteiger partial charge in [-0.1, -0.05) is 30.3 Å². The third-order valence-electron chi connectivity index (χ3n) is 4.21. The number of hydrogen-bond donors (Lipinski definition) is 1. The Labute approximate surface area is 136 Å². The van der Waals surface area contributed by atoms with Crippen molar-refractivity contribution < 1.29 is 4.79 Å². The topological polar surface area (TPSA) is 35.6 Å². The molecule has 1 aliphatic carbocycles. The summed E-state index contributed by atoms with van der Waals surface area (Å²) >= 11 is 5.56. The average molecular weight is 315 g/mol. The molecule has 1 aromatic carbocycles. The molecule has 0 bridgehead atoms. The standard InChI is InChI=1S/C17H21N3OS/c1-11-14(16(21)19(2)3)15(12-7-5-4-6-8-12)18-17(22)20(11)13-9-10-13/h4-8,13,15H,9-10H2,1-3H3,(H,18,22)/t15-/m0/s1. The molecule has 2 aliphatic rings. The van der Waals surface area contributed by atoms with Crippen LogP contribution in [-0.4, -0.2) is 41.0 Å². The molecule has 1 atom stereocenters. The van der Waals surface area contributed by atoms with Gasteiger partial charge in [0.1, 0.15) is 0 Å². The molecular formula is C17H21N3OS. The van der Waals surface area contributed by atoms with Crippen molar-refractivity contribution in [2.75, 3.05) is 14.1 Å². The van der Waals surface area contributed by atoms with Crippen molar-refractivity contribution in [3.8, 4) is 0 Å². The molecule has 0 spiro atoms. The zero-order valence-electron chi connectivity index (χ0n) is 13.2. The molecule has 1 aromatic rings. The fraction of sp³-hybridized carbons (Fsp3) is 0.412. The van der Waals surface area contributed by atoms with Crippen LogP contribution < -0.4 is 5.32 Å². The molecule has 0 unspecified atom stereocenters. The van der Waals surface area contributed by atoms with Crippen LogP contribution in [0.25, 0.3) is 0 Å². The minimum Gasteiger partial charge on any atom is -0.351 e. The first-order chi connectivity index (χ1) is 10.5. The van der Waals surface area contributed by atoms with E-state index >= 15 is 0 Å². The zero-order chi connectivity index (χ0) is 15.9. The van der Waals surface area contributed by atoms with E-state index in [0.717, 1.165) is 34.8 Å². The Balaban J connectivity index is 2.08. The minimum atomic E-state index is -0.182. The number of thiocarbonyl (C=S) groups is 1. The molecular weight excluding hydrogens is 294 g/mol. The number of rotatable bonds is 3. The van der Waals surface area contributed by atoms with Gasteiger partial charge >= 0.3 is 0 Å².